The minimum Gasteiger partial charge on any atom is -0.357 e. The maximum atomic E-state index is 5.48. The Labute approximate surface area is 124 Å². The summed E-state index contributed by atoms with van der Waals surface area (Å²) in [6, 6.07) is 22.5. The second kappa shape index (κ2) is 5.80. The molecular formula is C19H17NO. The first-order valence-corrected chi connectivity index (χ1v) is 7.00. The van der Waals surface area contributed by atoms with Gasteiger partial charge in [-0.1, -0.05) is 59.3 Å². The molecule has 0 bridgehead atoms. The topological polar surface area (TPSA) is 21.6 Å². The molecule has 0 spiro atoms. The molecule has 0 N–H and O–H groups in total. The van der Waals surface area contributed by atoms with Crippen molar-refractivity contribution in [3.8, 4) is 5.75 Å². The zero-order valence-corrected chi connectivity index (χ0v) is 12.2. The Kier molecular flexibility index (Phi) is 3.69. The van der Waals surface area contributed by atoms with Gasteiger partial charge in [-0.3, -0.25) is 0 Å². The number of aryl methyl sites for hydroxylation is 1. The van der Waals surface area contributed by atoms with Crippen LogP contribution in [0.25, 0.3) is 10.8 Å². The largest absolute Gasteiger partial charge is 0.357 e. The van der Waals surface area contributed by atoms with Crippen molar-refractivity contribution in [2.24, 2.45) is 5.16 Å². The minimum atomic E-state index is 0.751. The lowest BCUT2D eigenvalue weighted by Gasteiger charge is -2.04. The number of hydrogen-bond donors (Lipinski definition) is 0. The molecule has 0 amide bonds. The molecule has 0 aliphatic heterocycles. The first-order valence-electron chi connectivity index (χ1n) is 7.00. The van der Waals surface area contributed by atoms with Crippen LogP contribution in [0.1, 0.15) is 18.1 Å². The molecule has 0 saturated heterocycles. The Morgan fingerprint density at radius 1 is 0.857 bits per heavy atom. The smallest absolute Gasteiger partial charge is 0.157 e. The molecule has 0 fully saturated rings. The van der Waals surface area contributed by atoms with Gasteiger partial charge >= 0.3 is 0 Å². The van der Waals surface area contributed by atoms with Crippen molar-refractivity contribution < 1.29 is 4.84 Å². The molecule has 3 aromatic rings. The highest BCUT2D eigenvalue weighted by atomic mass is 16.6. The van der Waals surface area contributed by atoms with Crippen molar-refractivity contribution >= 4 is 16.5 Å². The molecule has 0 unspecified atom stereocenters. The summed E-state index contributed by atoms with van der Waals surface area (Å²) in [7, 11) is 0. The van der Waals surface area contributed by atoms with E-state index < -0.39 is 0 Å². The first-order chi connectivity index (χ1) is 10.2. The quantitative estimate of drug-likeness (QED) is 0.489. The average Bonchev–Trinajstić information content (AvgIpc) is 2.53. The number of hydrogen-bond acceptors (Lipinski definition) is 2. The van der Waals surface area contributed by atoms with Crippen LogP contribution in [0.3, 0.4) is 0 Å². The van der Waals surface area contributed by atoms with Crippen molar-refractivity contribution in [3.05, 3.63) is 77.9 Å². The van der Waals surface area contributed by atoms with Crippen LogP contribution in [-0.4, -0.2) is 5.71 Å². The molecular weight excluding hydrogens is 258 g/mol. The number of oxime groups is 1. The SMILES string of the molecule is C/C(=N\Oc1ccc(C)cc1)c1ccc2ccccc2c1. The van der Waals surface area contributed by atoms with Crippen LogP contribution in [0.15, 0.2) is 71.9 Å². The van der Waals surface area contributed by atoms with E-state index in [0.717, 1.165) is 17.0 Å². The second-order valence-electron chi connectivity index (χ2n) is 5.14. The van der Waals surface area contributed by atoms with Crippen LogP contribution >= 0.6 is 0 Å². The van der Waals surface area contributed by atoms with E-state index in [0.29, 0.717) is 0 Å². The summed E-state index contributed by atoms with van der Waals surface area (Å²) in [5, 5.41) is 6.66. The standard InChI is InChI=1S/C19H17NO/c1-14-7-11-19(12-8-14)21-20-15(2)17-10-9-16-5-3-4-6-18(16)13-17/h3-13H,1-2H3/b20-15+. The number of nitrogens with zero attached hydrogens (tertiary/aromatic N) is 1. The molecule has 2 heteroatoms. The molecule has 0 aliphatic rings. The summed E-state index contributed by atoms with van der Waals surface area (Å²) in [6.45, 7) is 4.01. The summed E-state index contributed by atoms with van der Waals surface area (Å²) < 4.78 is 0. The van der Waals surface area contributed by atoms with Gasteiger partial charge in [0.15, 0.2) is 5.75 Å². The van der Waals surface area contributed by atoms with Gasteiger partial charge in [-0.2, -0.15) is 0 Å². The summed E-state index contributed by atoms with van der Waals surface area (Å²) in [4.78, 5) is 5.48. The van der Waals surface area contributed by atoms with Gasteiger partial charge in [-0.05, 0) is 48.4 Å². The normalized spacial score (nSPS) is 11.6. The zero-order chi connectivity index (χ0) is 14.7. The van der Waals surface area contributed by atoms with Gasteiger partial charge in [-0.25, -0.2) is 0 Å². The monoisotopic (exact) mass is 275 g/mol. The van der Waals surface area contributed by atoms with E-state index in [9.17, 15) is 0 Å². The lowest BCUT2D eigenvalue weighted by molar-refractivity contribution is 0.341. The van der Waals surface area contributed by atoms with Crippen molar-refractivity contribution in [2.75, 3.05) is 0 Å². The van der Waals surface area contributed by atoms with Gasteiger partial charge in [0.05, 0.1) is 5.71 Å². The first kappa shape index (κ1) is 13.4. The fourth-order valence-corrected chi connectivity index (χ4v) is 2.19. The summed E-state index contributed by atoms with van der Waals surface area (Å²) in [5.41, 5.74) is 3.14. The Balaban J connectivity index is 1.83. The summed E-state index contributed by atoms with van der Waals surface area (Å²) in [5.74, 6) is 0.751. The van der Waals surface area contributed by atoms with E-state index in [1.807, 2.05) is 50.2 Å². The van der Waals surface area contributed by atoms with Crippen LogP contribution in [0.4, 0.5) is 0 Å². The molecule has 0 heterocycles. The fourth-order valence-electron chi connectivity index (χ4n) is 2.19. The Morgan fingerprint density at radius 2 is 1.57 bits per heavy atom. The maximum absolute atomic E-state index is 5.48. The van der Waals surface area contributed by atoms with Crippen LogP contribution in [0, 0.1) is 6.92 Å². The van der Waals surface area contributed by atoms with Crippen molar-refractivity contribution in [2.45, 2.75) is 13.8 Å². The minimum absolute atomic E-state index is 0.751. The van der Waals surface area contributed by atoms with Gasteiger partial charge in [0.1, 0.15) is 0 Å². The van der Waals surface area contributed by atoms with Gasteiger partial charge in [0.2, 0.25) is 0 Å². The highest BCUT2D eigenvalue weighted by Crippen LogP contribution is 2.17. The molecule has 21 heavy (non-hydrogen) atoms. The molecule has 104 valence electrons. The second-order valence-corrected chi connectivity index (χ2v) is 5.14. The predicted molar refractivity (Wildman–Crippen MR) is 88.0 cm³/mol. The molecule has 0 radical (unpaired) electrons. The molecule has 3 rings (SSSR count). The van der Waals surface area contributed by atoms with Gasteiger partial charge < -0.3 is 4.84 Å². The zero-order valence-electron chi connectivity index (χ0n) is 12.2. The van der Waals surface area contributed by atoms with E-state index in [4.69, 9.17) is 4.84 Å². The molecule has 3 aromatic carbocycles. The van der Waals surface area contributed by atoms with Crippen LogP contribution < -0.4 is 4.84 Å². The predicted octanol–water partition coefficient (Wildman–Crippen LogP) is 4.95. The van der Waals surface area contributed by atoms with E-state index >= 15 is 0 Å². The fraction of sp³-hybridized carbons (Fsp3) is 0.105. The lowest BCUT2D eigenvalue weighted by Crippen LogP contribution is -1.97. The lowest BCUT2D eigenvalue weighted by atomic mass is 10.0. The molecule has 0 aliphatic carbocycles. The van der Waals surface area contributed by atoms with Crippen molar-refractivity contribution in [1.29, 1.82) is 0 Å². The van der Waals surface area contributed by atoms with Gasteiger partial charge in [0, 0.05) is 0 Å². The average molecular weight is 275 g/mol. The van der Waals surface area contributed by atoms with E-state index in [1.165, 1.54) is 16.3 Å². The molecule has 0 atom stereocenters. The highest BCUT2D eigenvalue weighted by molar-refractivity contribution is 6.01. The van der Waals surface area contributed by atoms with Crippen molar-refractivity contribution in [1.82, 2.24) is 0 Å². The van der Waals surface area contributed by atoms with E-state index in [2.05, 4.69) is 35.5 Å². The Bertz CT molecular complexity index is 788. The van der Waals surface area contributed by atoms with Gasteiger partial charge in [0.25, 0.3) is 0 Å². The summed E-state index contributed by atoms with van der Waals surface area (Å²) in [6.07, 6.45) is 0. The van der Waals surface area contributed by atoms with Gasteiger partial charge in [-0.15, -0.1) is 0 Å². The van der Waals surface area contributed by atoms with Crippen LogP contribution in [0.5, 0.6) is 5.75 Å². The highest BCUT2D eigenvalue weighted by Gasteiger charge is 2.01. The molecule has 0 aromatic heterocycles. The van der Waals surface area contributed by atoms with E-state index in [1.54, 1.807) is 0 Å². The van der Waals surface area contributed by atoms with Crippen LogP contribution in [0.2, 0.25) is 0 Å². The number of benzene rings is 3. The summed E-state index contributed by atoms with van der Waals surface area (Å²) >= 11 is 0. The number of rotatable bonds is 3. The maximum Gasteiger partial charge on any atom is 0.157 e. The number of fused-ring (bicyclic) bond motifs is 1. The Morgan fingerprint density at radius 3 is 2.33 bits per heavy atom. The molecule has 0 saturated carbocycles. The third-order valence-corrected chi connectivity index (χ3v) is 3.48. The van der Waals surface area contributed by atoms with E-state index in [-0.39, 0.29) is 0 Å². The molecule has 2 nitrogen and oxygen atoms in total. The van der Waals surface area contributed by atoms with Crippen molar-refractivity contribution in [3.63, 3.8) is 0 Å². The Hall–Kier alpha value is -2.61. The van der Waals surface area contributed by atoms with Crippen LogP contribution in [-0.2, 0) is 0 Å². The third-order valence-electron chi connectivity index (χ3n) is 3.48. The third kappa shape index (κ3) is 3.11.